The van der Waals surface area contributed by atoms with Crippen molar-refractivity contribution >= 4 is 28.6 Å². The van der Waals surface area contributed by atoms with Gasteiger partial charge in [-0.1, -0.05) is 11.6 Å². The summed E-state index contributed by atoms with van der Waals surface area (Å²) in [5.74, 6) is -0.979. The van der Waals surface area contributed by atoms with E-state index in [0.717, 1.165) is 0 Å². The molecule has 0 aliphatic rings. The lowest BCUT2D eigenvalue weighted by atomic mass is 10.2. The Morgan fingerprint density at radius 2 is 2.27 bits per heavy atom. The highest BCUT2D eigenvalue weighted by Crippen LogP contribution is 2.28. The Balaban J connectivity index is 3.00. The minimum atomic E-state index is -0.979. The van der Waals surface area contributed by atoms with Gasteiger partial charge in [-0.3, -0.25) is 4.98 Å². The molecule has 0 saturated carbocycles. The first-order valence-corrected chi connectivity index (χ1v) is 4.74. The molecule has 2 rings (SSSR count). The highest BCUT2D eigenvalue weighted by molar-refractivity contribution is 6.35. The zero-order valence-electron chi connectivity index (χ0n) is 8.28. The van der Waals surface area contributed by atoms with E-state index in [0.29, 0.717) is 21.7 Å². The van der Waals surface area contributed by atoms with Crippen LogP contribution in [0.2, 0.25) is 5.02 Å². The fourth-order valence-electron chi connectivity index (χ4n) is 1.70. The van der Waals surface area contributed by atoms with Crippen molar-refractivity contribution in [2.45, 2.75) is 6.92 Å². The Labute approximate surface area is 91.1 Å². The molecule has 5 heteroatoms. The molecule has 0 amide bonds. The molecule has 78 valence electrons. The number of hydrogen-bond acceptors (Lipinski definition) is 2. The summed E-state index contributed by atoms with van der Waals surface area (Å²) in [6, 6.07) is 1.65. The van der Waals surface area contributed by atoms with Gasteiger partial charge in [0.15, 0.2) is 0 Å². The second-order valence-corrected chi connectivity index (χ2v) is 3.72. The lowest BCUT2D eigenvalue weighted by molar-refractivity contribution is 0.0698. The summed E-state index contributed by atoms with van der Waals surface area (Å²) in [6.45, 7) is 1.74. The van der Waals surface area contributed by atoms with Gasteiger partial charge in [0.05, 0.1) is 10.5 Å². The third-order valence-corrected chi connectivity index (χ3v) is 2.83. The highest BCUT2D eigenvalue weighted by Gasteiger charge is 2.20. The van der Waals surface area contributed by atoms with E-state index in [9.17, 15) is 4.79 Å². The number of carbonyl (C=O) groups is 1. The van der Waals surface area contributed by atoms with Crippen LogP contribution < -0.4 is 0 Å². The number of pyridine rings is 1. The maximum absolute atomic E-state index is 11.1. The van der Waals surface area contributed by atoms with Crippen molar-refractivity contribution < 1.29 is 9.90 Å². The Morgan fingerprint density at radius 3 is 2.87 bits per heavy atom. The third kappa shape index (κ3) is 1.29. The van der Waals surface area contributed by atoms with Crippen molar-refractivity contribution in [1.82, 2.24) is 9.55 Å². The topological polar surface area (TPSA) is 55.1 Å². The maximum atomic E-state index is 11.1. The number of fused-ring (bicyclic) bond motifs is 1. The molecule has 0 aromatic carbocycles. The minimum Gasteiger partial charge on any atom is -0.478 e. The van der Waals surface area contributed by atoms with E-state index in [1.807, 2.05) is 0 Å². The number of carboxylic acid groups (broad SMARTS) is 1. The van der Waals surface area contributed by atoms with E-state index in [1.165, 1.54) is 6.20 Å². The van der Waals surface area contributed by atoms with Gasteiger partial charge in [-0.15, -0.1) is 0 Å². The summed E-state index contributed by atoms with van der Waals surface area (Å²) < 4.78 is 1.74. The van der Waals surface area contributed by atoms with Crippen molar-refractivity contribution in [3.8, 4) is 0 Å². The number of hydrogen-bond donors (Lipinski definition) is 1. The zero-order chi connectivity index (χ0) is 11.2. The van der Waals surface area contributed by atoms with E-state index in [2.05, 4.69) is 4.98 Å². The predicted molar refractivity (Wildman–Crippen MR) is 57.4 cm³/mol. The molecule has 4 nitrogen and oxygen atoms in total. The summed E-state index contributed by atoms with van der Waals surface area (Å²) in [4.78, 5) is 15.1. The van der Waals surface area contributed by atoms with Gasteiger partial charge in [0.2, 0.25) is 0 Å². The lowest BCUT2D eigenvalue weighted by Crippen LogP contribution is -1.99. The van der Waals surface area contributed by atoms with Crippen molar-refractivity contribution in [1.29, 1.82) is 0 Å². The van der Waals surface area contributed by atoms with Crippen LogP contribution in [0.5, 0.6) is 0 Å². The van der Waals surface area contributed by atoms with Gasteiger partial charge < -0.3 is 9.67 Å². The molecule has 0 radical (unpaired) electrons. The highest BCUT2D eigenvalue weighted by atomic mass is 35.5. The van der Waals surface area contributed by atoms with E-state index >= 15 is 0 Å². The molecule has 0 bridgehead atoms. The fourth-order valence-corrected chi connectivity index (χ4v) is 1.97. The van der Waals surface area contributed by atoms with Crippen LogP contribution in [0.4, 0.5) is 0 Å². The van der Waals surface area contributed by atoms with Gasteiger partial charge >= 0.3 is 5.97 Å². The molecule has 0 aliphatic carbocycles. The Bertz CT molecular complexity index is 560. The first-order chi connectivity index (χ1) is 7.04. The van der Waals surface area contributed by atoms with Crippen LogP contribution in [0.3, 0.4) is 0 Å². The Kier molecular flexibility index (Phi) is 2.16. The second kappa shape index (κ2) is 3.24. The van der Waals surface area contributed by atoms with Crippen LogP contribution in [0.15, 0.2) is 12.3 Å². The molecule has 2 heterocycles. The maximum Gasteiger partial charge on any atom is 0.339 e. The first-order valence-electron chi connectivity index (χ1n) is 4.36. The summed E-state index contributed by atoms with van der Waals surface area (Å²) in [5.41, 5.74) is 1.97. The van der Waals surface area contributed by atoms with Gasteiger partial charge in [-0.05, 0) is 13.0 Å². The third-order valence-electron chi connectivity index (χ3n) is 2.53. The summed E-state index contributed by atoms with van der Waals surface area (Å²) in [6.07, 6.45) is 1.51. The van der Waals surface area contributed by atoms with Crippen molar-refractivity contribution in [3.05, 3.63) is 28.5 Å². The van der Waals surface area contributed by atoms with E-state index in [1.54, 1.807) is 24.6 Å². The lowest BCUT2D eigenvalue weighted by Gasteiger charge is -1.99. The molecule has 0 saturated heterocycles. The molecule has 0 aliphatic heterocycles. The number of carboxylic acids is 1. The van der Waals surface area contributed by atoms with Crippen LogP contribution in [0.25, 0.3) is 11.0 Å². The number of rotatable bonds is 1. The minimum absolute atomic E-state index is 0.218. The molecule has 0 fully saturated rings. The van der Waals surface area contributed by atoms with E-state index < -0.39 is 5.97 Å². The van der Waals surface area contributed by atoms with Crippen molar-refractivity contribution in [2.24, 2.45) is 7.05 Å². The summed E-state index contributed by atoms with van der Waals surface area (Å²) >= 11 is 6.00. The number of aromatic nitrogens is 2. The summed E-state index contributed by atoms with van der Waals surface area (Å²) in [7, 11) is 1.78. The molecular weight excluding hydrogens is 216 g/mol. The van der Waals surface area contributed by atoms with Gasteiger partial charge in [-0.25, -0.2) is 4.79 Å². The molecule has 2 aromatic rings. The van der Waals surface area contributed by atoms with Crippen molar-refractivity contribution in [2.75, 3.05) is 0 Å². The molecule has 0 atom stereocenters. The molecule has 0 unspecified atom stereocenters. The van der Waals surface area contributed by atoms with Crippen LogP contribution >= 0.6 is 11.6 Å². The molecule has 1 N–H and O–H groups in total. The quantitative estimate of drug-likeness (QED) is 0.808. The van der Waals surface area contributed by atoms with Crippen molar-refractivity contribution in [3.63, 3.8) is 0 Å². The van der Waals surface area contributed by atoms with Crippen LogP contribution in [0, 0.1) is 6.92 Å². The van der Waals surface area contributed by atoms with Gasteiger partial charge in [-0.2, -0.15) is 0 Å². The standard InChI is InChI=1S/C10H9ClN2O2/c1-5-7(10(14)15)8-9(13(5)2)6(11)3-4-12-8/h3-4H,1-2H3,(H,14,15). The largest absolute Gasteiger partial charge is 0.478 e. The van der Waals surface area contributed by atoms with Gasteiger partial charge in [0.25, 0.3) is 0 Å². The molecular formula is C10H9ClN2O2. The fraction of sp³-hybridized carbons (Fsp3) is 0.200. The number of nitrogens with zero attached hydrogens (tertiary/aromatic N) is 2. The number of halogens is 1. The van der Waals surface area contributed by atoms with Crippen LogP contribution in [-0.2, 0) is 7.05 Å². The average molecular weight is 225 g/mol. The smallest absolute Gasteiger partial charge is 0.339 e. The molecule has 2 aromatic heterocycles. The first kappa shape index (κ1) is 9.98. The zero-order valence-corrected chi connectivity index (χ0v) is 9.04. The monoisotopic (exact) mass is 224 g/mol. The normalized spacial score (nSPS) is 10.9. The molecule has 0 spiro atoms. The SMILES string of the molecule is Cc1c(C(=O)O)c2nccc(Cl)c2n1C. The van der Waals surface area contributed by atoms with E-state index in [-0.39, 0.29) is 5.56 Å². The van der Waals surface area contributed by atoms with Gasteiger partial charge in [0.1, 0.15) is 11.1 Å². The van der Waals surface area contributed by atoms with Crippen LogP contribution in [-0.4, -0.2) is 20.6 Å². The van der Waals surface area contributed by atoms with E-state index in [4.69, 9.17) is 16.7 Å². The Hall–Kier alpha value is -1.55. The Morgan fingerprint density at radius 1 is 1.60 bits per heavy atom. The second-order valence-electron chi connectivity index (χ2n) is 3.31. The summed E-state index contributed by atoms with van der Waals surface area (Å²) in [5, 5.41) is 9.58. The average Bonchev–Trinajstić information content (AvgIpc) is 2.41. The van der Waals surface area contributed by atoms with Gasteiger partial charge in [0, 0.05) is 18.9 Å². The number of aromatic carboxylic acids is 1. The van der Waals surface area contributed by atoms with Crippen LogP contribution in [0.1, 0.15) is 16.1 Å². The molecule has 15 heavy (non-hydrogen) atoms. The number of aryl methyl sites for hydroxylation is 1. The predicted octanol–water partition coefficient (Wildman–Crippen LogP) is 2.23.